The van der Waals surface area contributed by atoms with Gasteiger partial charge in [0.05, 0.1) is 17.5 Å². The van der Waals surface area contributed by atoms with Gasteiger partial charge in [-0.25, -0.2) is 0 Å². The zero-order chi connectivity index (χ0) is 16.6. The fourth-order valence-electron chi connectivity index (χ4n) is 2.53. The Balaban J connectivity index is 1.82. The fourth-order valence-corrected chi connectivity index (χ4v) is 2.79. The van der Waals surface area contributed by atoms with Gasteiger partial charge in [-0.2, -0.15) is 0 Å². The number of fused-ring (bicyclic) bond motifs is 1. The summed E-state index contributed by atoms with van der Waals surface area (Å²) >= 11 is 3.33. The van der Waals surface area contributed by atoms with Gasteiger partial charge in [-0.3, -0.25) is 19.3 Å². The molecule has 1 aliphatic rings. The monoisotopic (exact) mass is 372 g/mol. The van der Waals surface area contributed by atoms with Gasteiger partial charge in [0, 0.05) is 17.2 Å². The number of carbonyl (C=O) groups excluding carboxylic acids is 3. The molecule has 116 valence electrons. The Hall–Kier alpha value is -2.47. The minimum absolute atomic E-state index is 0.0338. The SMILES string of the molecule is CN1C(=O)c2cccc(CC(=O)Nc3ccc(Br)cc3)c2C1=O. The summed E-state index contributed by atoms with van der Waals surface area (Å²) in [7, 11) is 1.44. The molecule has 0 spiro atoms. The van der Waals surface area contributed by atoms with Crippen molar-refractivity contribution < 1.29 is 14.4 Å². The molecule has 3 rings (SSSR count). The predicted molar refractivity (Wildman–Crippen MR) is 89.3 cm³/mol. The van der Waals surface area contributed by atoms with E-state index in [0.29, 0.717) is 22.4 Å². The summed E-state index contributed by atoms with van der Waals surface area (Å²) in [4.78, 5) is 37.4. The Labute approximate surface area is 141 Å². The van der Waals surface area contributed by atoms with Crippen molar-refractivity contribution in [1.82, 2.24) is 4.90 Å². The number of hydrogen-bond acceptors (Lipinski definition) is 3. The van der Waals surface area contributed by atoms with Crippen molar-refractivity contribution in [2.45, 2.75) is 6.42 Å². The summed E-state index contributed by atoms with van der Waals surface area (Å²) in [6.45, 7) is 0. The fraction of sp³-hybridized carbons (Fsp3) is 0.118. The molecule has 2 aromatic rings. The number of halogens is 1. The van der Waals surface area contributed by atoms with Crippen LogP contribution in [-0.2, 0) is 11.2 Å². The van der Waals surface area contributed by atoms with Crippen molar-refractivity contribution in [3.05, 3.63) is 63.6 Å². The highest BCUT2D eigenvalue weighted by molar-refractivity contribution is 9.10. The van der Waals surface area contributed by atoms with Gasteiger partial charge in [0.15, 0.2) is 0 Å². The second-order valence-corrected chi connectivity index (χ2v) is 6.16. The number of rotatable bonds is 3. The topological polar surface area (TPSA) is 66.5 Å². The molecule has 5 nitrogen and oxygen atoms in total. The molecule has 1 N–H and O–H groups in total. The first-order chi connectivity index (χ1) is 11.0. The number of benzene rings is 2. The summed E-state index contributed by atoms with van der Waals surface area (Å²) in [6.07, 6.45) is 0.0338. The number of amides is 3. The van der Waals surface area contributed by atoms with Gasteiger partial charge in [-0.05, 0) is 35.9 Å². The lowest BCUT2D eigenvalue weighted by molar-refractivity contribution is -0.115. The molecule has 0 radical (unpaired) electrons. The average Bonchev–Trinajstić information content (AvgIpc) is 2.75. The maximum Gasteiger partial charge on any atom is 0.261 e. The van der Waals surface area contributed by atoms with E-state index in [1.165, 1.54) is 7.05 Å². The molecule has 0 aliphatic carbocycles. The maximum absolute atomic E-state index is 12.2. The van der Waals surface area contributed by atoms with E-state index < -0.39 is 0 Å². The van der Waals surface area contributed by atoms with E-state index in [9.17, 15) is 14.4 Å². The first-order valence-electron chi connectivity index (χ1n) is 6.97. The Morgan fingerprint density at radius 1 is 1.09 bits per heavy atom. The standard InChI is InChI=1S/C17H13BrN2O3/c1-20-16(22)13-4-2-3-10(15(13)17(20)23)9-14(21)19-12-7-5-11(18)6-8-12/h2-8H,9H2,1H3,(H,19,21). The molecule has 0 aromatic heterocycles. The number of nitrogens with one attached hydrogen (secondary N) is 1. The third-order valence-electron chi connectivity index (χ3n) is 3.68. The molecule has 1 heterocycles. The molecular weight excluding hydrogens is 360 g/mol. The van der Waals surface area contributed by atoms with Crippen molar-refractivity contribution in [2.75, 3.05) is 12.4 Å². The molecule has 0 bridgehead atoms. The second kappa shape index (κ2) is 5.96. The summed E-state index contributed by atoms with van der Waals surface area (Å²) in [5, 5.41) is 2.78. The van der Waals surface area contributed by atoms with Gasteiger partial charge < -0.3 is 5.32 Å². The largest absolute Gasteiger partial charge is 0.326 e. The number of hydrogen-bond donors (Lipinski definition) is 1. The van der Waals surface area contributed by atoms with E-state index in [0.717, 1.165) is 9.37 Å². The van der Waals surface area contributed by atoms with Crippen LogP contribution in [0.25, 0.3) is 0 Å². The van der Waals surface area contributed by atoms with Crippen molar-refractivity contribution in [2.24, 2.45) is 0 Å². The third kappa shape index (κ3) is 2.90. The van der Waals surface area contributed by atoms with Crippen LogP contribution in [0.15, 0.2) is 46.9 Å². The Bertz CT molecular complexity index is 815. The first kappa shape index (κ1) is 15.4. The van der Waals surface area contributed by atoms with E-state index >= 15 is 0 Å². The van der Waals surface area contributed by atoms with E-state index in [1.807, 2.05) is 12.1 Å². The van der Waals surface area contributed by atoms with Crippen LogP contribution in [0.4, 0.5) is 5.69 Å². The van der Waals surface area contributed by atoms with Gasteiger partial charge in [0.1, 0.15) is 0 Å². The molecule has 0 unspecified atom stereocenters. The highest BCUT2D eigenvalue weighted by atomic mass is 79.9. The molecule has 1 aliphatic heterocycles. The Morgan fingerprint density at radius 2 is 1.78 bits per heavy atom. The van der Waals surface area contributed by atoms with Gasteiger partial charge in [-0.1, -0.05) is 28.1 Å². The summed E-state index contributed by atoms with van der Waals surface area (Å²) in [5.74, 6) is -0.937. The minimum atomic E-state index is -0.364. The van der Waals surface area contributed by atoms with Crippen LogP contribution < -0.4 is 5.32 Å². The van der Waals surface area contributed by atoms with Crippen molar-refractivity contribution >= 4 is 39.3 Å². The van der Waals surface area contributed by atoms with E-state index in [1.54, 1.807) is 30.3 Å². The van der Waals surface area contributed by atoms with Crippen LogP contribution in [0.5, 0.6) is 0 Å². The number of carbonyl (C=O) groups is 3. The van der Waals surface area contributed by atoms with Crippen LogP contribution in [0, 0.1) is 0 Å². The number of nitrogens with zero attached hydrogens (tertiary/aromatic N) is 1. The number of imide groups is 1. The molecule has 3 amide bonds. The van der Waals surface area contributed by atoms with Crippen LogP contribution in [0.2, 0.25) is 0 Å². The summed E-state index contributed by atoms with van der Waals surface area (Å²) in [6, 6.07) is 12.2. The third-order valence-corrected chi connectivity index (χ3v) is 4.21. The van der Waals surface area contributed by atoms with Crippen molar-refractivity contribution in [3.63, 3.8) is 0 Å². The lowest BCUT2D eigenvalue weighted by atomic mass is 10.00. The normalized spacial score (nSPS) is 13.2. The Kier molecular flexibility index (Phi) is 4.00. The molecule has 0 saturated carbocycles. The molecule has 0 atom stereocenters. The molecular formula is C17H13BrN2O3. The molecule has 2 aromatic carbocycles. The van der Waals surface area contributed by atoms with Crippen LogP contribution in [-0.4, -0.2) is 29.7 Å². The highest BCUT2D eigenvalue weighted by Gasteiger charge is 2.34. The van der Waals surface area contributed by atoms with Crippen LogP contribution >= 0.6 is 15.9 Å². The maximum atomic E-state index is 12.2. The molecule has 23 heavy (non-hydrogen) atoms. The quantitative estimate of drug-likeness (QED) is 0.842. The zero-order valence-electron chi connectivity index (χ0n) is 12.3. The molecule has 6 heteroatoms. The van der Waals surface area contributed by atoms with Gasteiger partial charge >= 0.3 is 0 Å². The smallest absolute Gasteiger partial charge is 0.261 e. The lowest BCUT2D eigenvalue weighted by Gasteiger charge is -2.08. The van der Waals surface area contributed by atoms with Crippen molar-refractivity contribution in [1.29, 1.82) is 0 Å². The summed E-state index contributed by atoms with van der Waals surface area (Å²) in [5.41, 5.74) is 1.91. The van der Waals surface area contributed by atoms with Gasteiger partial charge in [0.25, 0.3) is 11.8 Å². The van der Waals surface area contributed by atoms with Gasteiger partial charge in [-0.15, -0.1) is 0 Å². The van der Waals surface area contributed by atoms with Crippen molar-refractivity contribution in [3.8, 4) is 0 Å². The lowest BCUT2D eigenvalue weighted by Crippen LogP contribution is -2.24. The summed E-state index contributed by atoms with van der Waals surface area (Å²) < 4.78 is 0.920. The Morgan fingerprint density at radius 3 is 2.48 bits per heavy atom. The highest BCUT2D eigenvalue weighted by Crippen LogP contribution is 2.25. The van der Waals surface area contributed by atoms with Crippen LogP contribution in [0.1, 0.15) is 26.3 Å². The number of anilines is 1. The minimum Gasteiger partial charge on any atom is -0.326 e. The first-order valence-corrected chi connectivity index (χ1v) is 7.76. The van der Waals surface area contributed by atoms with Crippen LogP contribution in [0.3, 0.4) is 0 Å². The zero-order valence-corrected chi connectivity index (χ0v) is 13.9. The van der Waals surface area contributed by atoms with E-state index in [2.05, 4.69) is 21.2 Å². The average molecular weight is 373 g/mol. The van der Waals surface area contributed by atoms with Gasteiger partial charge in [0.2, 0.25) is 5.91 Å². The molecule has 0 saturated heterocycles. The van der Waals surface area contributed by atoms with E-state index in [-0.39, 0.29) is 24.1 Å². The second-order valence-electron chi connectivity index (χ2n) is 5.24. The van der Waals surface area contributed by atoms with E-state index in [4.69, 9.17) is 0 Å². The predicted octanol–water partition coefficient (Wildman–Crippen LogP) is 2.86. The molecule has 0 fully saturated rings.